The lowest BCUT2D eigenvalue weighted by atomic mass is 9.98. The number of nitrogens with one attached hydrogen (secondary N) is 1. The molecule has 1 aromatic rings. The molecule has 0 unspecified atom stereocenters. The highest BCUT2D eigenvalue weighted by Gasteiger charge is 2.37. The van der Waals surface area contributed by atoms with Gasteiger partial charge in [0.05, 0.1) is 16.5 Å². The minimum absolute atomic E-state index is 0.0735. The number of likely N-dealkylation sites (tertiary alicyclic amines) is 1. The summed E-state index contributed by atoms with van der Waals surface area (Å²) in [6.45, 7) is 5.47. The molecule has 29 heavy (non-hydrogen) atoms. The van der Waals surface area contributed by atoms with Gasteiger partial charge in [0, 0.05) is 32.2 Å². The highest BCUT2D eigenvalue weighted by molar-refractivity contribution is 7.89. The zero-order valence-corrected chi connectivity index (χ0v) is 17.6. The largest absolute Gasteiger partial charge is 0.479 e. The van der Waals surface area contributed by atoms with Crippen LogP contribution in [0.1, 0.15) is 38.2 Å². The monoisotopic (exact) mass is 421 g/mol. The van der Waals surface area contributed by atoms with Crippen molar-refractivity contribution in [2.75, 3.05) is 31.5 Å². The van der Waals surface area contributed by atoms with Gasteiger partial charge in [0.2, 0.25) is 15.9 Å². The maximum absolute atomic E-state index is 13.4. The molecule has 3 aliphatic rings. The van der Waals surface area contributed by atoms with E-state index in [0.29, 0.717) is 30.0 Å². The van der Waals surface area contributed by atoms with E-state index in [2.05, 4.69) is 5.32 Å². The zero-order valence-electron chi connectivity index (χ0n) is 16.8. The van der Waals surface area contributed by atoms with E-state index in [1.54, 1.807) is 19.9 Å². The van der Waals surface area contributed by atoms with Crippen molar-refractivity contribution in [3.8, 4) is 5.75 Å². The van der Waals surface area contributed by atoms with Crippen molar-refractivity contribution in [1.29, 1.82) is 0 Å². The predicted molar refractivity (Wildman–Crippen MR) is 107 cm³/mol. The SMILES string of the molecule is Cc1cc2c(cc1S(=O)(=O)N1CCC[C@@H](C(=O)N3CCCC3)C1)O[C@@H](C)C(=O)N2. The number of sulfonamides is 1. The van der Waals surface area contributed by atoms with Crippen LogP contribution in [-0.4, -0.2) is 61.7 Å². The molecule has 0 saturated carbocycles. The van der Waals surface area contributed by atoms with E-state index in [-0.39, 0.29) is 29.2 Å². The van der Waals surface area contributed by atoms with Crippen LogP contribution in [0.4, 0.5) is 5.69 Å². The van der Waals surface area contributed by atoms with E-state index < -0.39 is 16.1 Å². The highest BCUT2D eigenvalue weighted by Crippen LogP contribution is 2.36. The molecule has 9 heteroatoms. The number of anilines is 1. The molecule has 1 aromatic carbocycles. The lowest BCUT2D eigenvalue weighted by Crippen LogP contribution is -2.46. The van der Waals surface area contributed by atoms with Gasteiger partial charge in [-0.25, -0.2) is 8.42 Å². The van der Waals surface area contributed by atoms with E-state index in [4.69, 9.17) is 4.74 Å². The smallest absolute Gasteiger partial charge is 0.265 e. The molecule has 3 heterocycles. The summed E-state index contributed by atoms with van der Waals surface area (Å²) in [6, 6.07) is 3.12. The van der Waals surface area contributed by atoms with Crippen LogP contribution in [0.25, 0.3) is 0 Å². The number of carbonyl (C=O) groups excluding carboxylic acids is 2. The molecule has 0 aromatic heterocycles. The lowest BCUT2D eigenvalue weighted by molar-refractivity contribution is -0.135. The molecule has 8 nitrogen and oxygen atoms in total. The average Bonchev–Trinajstić information content (AvgIpc) is 3.23. The van der Waals surface area contributed by atoms with Crippen molar-refractivity contribution in [3.63, 3.8) is 0 Å². The minimum Gasteiger partial charge on any atom is -0.479 e. The Morgan fingerprint density at radius 1 is 1.17 bits per heavy atom. The first-order chi connectivity index (χ1) is 13.8. The summed E-state index contributed by atoms with van der Waals surface area (Å²) in [5.41, 5.74) is 1.01. The van der Waals surface area contributed by atoms with Crippen LogP contribution in [0.3, 0.4) is 0 Å². The highest BCUT2D eigenvalue weighted by atomic mass is 32.2. The normalized spacial score (nSPS) is 25.3. The molecule has 0 aliphatic carbocycles. The van der Waals surface area contributed by atoms with E-state index in [0.717, 1.165) is 32.4 Å². The average molecular weight is 422 g/mol. The Balaban J connectivity index is 1.58. The zero-order chi connectivity index (χ0) is 20.8. The number of hydrogen-bond acceptors (Lipinski definition) is 5. The summed E-state index contributed by atoms with van der Waals surface area (Å²) in [5.74, 6) is -0.121. The molecule has 0 spiro atoms. The third-order valence-electron chi connectivity index (χ3n) is 5.98. The van der Waals surface area contributed by atoms with Crippen molar-refractivity contribution in [2.24, 2.45) is 5.92 Å². The van der Waals surface area contributed by atoms with Crippen molar-refractivity contribution < 1.29 is 22.7 Å². The molecule has 4 rings (SSSR count). The molecule has 0 radical (unpaired) electrons. The number of aryl methyl sites for hydroxylation is 1. The van der Waals surface area contributed by atoms with Gasteiger partial charge in [-0.3, -0.25) is 9.59 Å². The van der Waals surface area contributed by atoms with Gasteiger partial charge in [0.1, 0.15) is 5.75 Å². The van der Waals surface area contributed by atoms with Gasteiger partial charge in [-0.1, -0.05) is 0 Å². The first-order valence-corrected chi connectivity index (χ1v) is 11.6. The molecule has 2 saturated heterocycles. The molecule has 2 atom stereocenters. The van der Waals surface area contributed by atoms with E-state index >= 15 is 0 Å². The van der Waals surface area contributed by atoms with Crippen LogP contribution in [-0.2, 0) is 19.6 Å². The summed E-state index contributed by atoms with van der Waals surface area (Å²) < 4.78 is 33.8. The number of rotatable bonds is 3. The third-order valence-corrected chi connectivity index (χ3v) is 7.98. The lowest BCUT2D eigenvalue weighted by Gasteiger charge is -2.33. The Bertz CT molecular complexity index is 940. The van der Waals surface area contributed by atoms with Gasteiger partial charge in [-0.05, 0) is 51.2 Å². The molecular weight excluding hydrogens is 394 g/mol. The van der Waals surface area contributed by atoms with Crippen molar-refractivity contribution >= 4 is 27.5 Å². The van der Waals surface area contributed by atoms with Crippen LogP contribution in [0.5, 0.6) is 5.75 Å². The summed E-state index contributed by atoms with van der Waals surface area (Å²) in [6.07, 6.45) is 2.74. The Hall–Kier alpha value is -2.13. The van der Waals surface area contributed by atoms with Crippen LogP contribution in [0.15, 0.2) is 17.0 Å². The van der Waals surface area contributed by atoms with Crippen molar-refractivity contribution in [1.82, 2.24) is 9.21 Å². The Morgan fingerprint density at radius 2 is 1.90 bits per heavy atom. The van der Waals surface area contributed by atoms with Gasteiger partial charge in [0.15, 0.2) is 6.10 Å². The van der Waals surface area contributed by atoms with Crippen molar-refractivity contribution in [2.45, 2.75) is 50.5 Å². The second-order valence-electron chi connectivity index (χ2n) is 8.10. The maximum Gasteiger partial charge on any atom is 0.265 e. The number of ether oxygens (including phenoxy) is 1. The van der Waals surface area contributed by atoms with Gasteiger partial charge >= 0.3 is 0 Å². The Labute approximate surface area is 171 Å². The van der Waals surface area contributed by atoms with E-state index in [9.17, 15) is 18.0 Å². The minimum atomic E-state index is -3.78. The number of piperidine rings is 1. The predicted octanol–water partition coefficient (Wildman–Crippen LogP) is 1.74. The first-order valence-electron chi connectivity index (χ1n) is 10.2. The van der Waals surface area contributed by atoms with Crippen LogP contribution < -0.4 is 10.1 Å². The standard InChI is InChI=1S/C20H27N3O5S/c1-13-10-16-17(28-14(2)19(24)21-16)11-18(13)29(26,27)23-9-5-6-15(12-23)20(25)22-7-3-4-8-22/h10-11,14-15H,3-9,12H2,1-2H3,(H,21,24)/t14-,15+/m0/s1. The number of benzene rings is 1. The fourth-order valence-corrected chi connectivity index (χ4v) is 6.06. The second-order valence-corrected chi connectivity index (χ2v) is 10.0. The Kier molecular flexibility index (Phi) is 5.29. The van der Waals surface area contributed by atoms with E-state index in [1.807, 2.05) is 4.90 Å². The molecule has 3 aliphatic heterocycles. The molecular formula is C20H27N3O5S. The molecule has 2 fully saturated rings. The molecule has 158 valence electrons. The van der Waals surface area contributed by atoms with Crippen LogP contribution >= 0.6 is 0 Å². The number of nitrogens with zero attached hydrogens (tertiary/aromatic N) is 2. The fourth-order valence-electron chi connectivity index (χ4n) is 4.32. The first kappa shape index (κ1) is 20.2. The van der Waals surface area contributed by atoms with Crippen LogP contribution in [0, 0.1) is 12.8 Å². The summed E-state index contributed by atoms with van der Waals surface area (Å²) >= 11 is 0. The van der Waals surface area contributed by atoms with Gasteiger partial charge in [-0.15, -0.1) is 0 Å². The fraction of sp³-hybridized carbons (Fsp3) is 0.600. The number of amides is 2. The van der Waals surface area contributed by atoms with Crippen LogP contribution in [0.2, 0.25) is 0 Å². The molecule has 0 bridgehead atoms. The maximum atomic E-state index is 13.4. The summed E-state index contributed by atoms with van der Waals surface area (Å²) in [7, 11) is -3.78. The summed E-state index contributed by atoms with van der Waals surface area (Å²) in [5, 5.41) is 2.74. The number of carbonyl (C=O) groups is 2. The third kappa shape index (κ3) is 3.73. The second kappa shape index (κ2) is 7.60. The quantitative estimate of drug-likeness (QED) is 0.802. The number of hydrogen-bond donors (Lipinski definition) is 1. The molecule has 2 amide bonds. The summed E-state index contributed by atoms with van der Waals surface area (Å²) in [4.78, 5) is 26.6. The van der Waals surface area contributed by atoms with Gasteiger partial charge in [0.25, 0.3) is 5.91 Å². The van der Waals surface area contributed by atoms with Gasteiger partial charge < -0.3 is 15.0 Å². The topological polar surface area (TPSA) is 96.0 Å². The molecule has 1 N–H and O–H groups in total. The van der Waals surface area contributed by atoms with Crippen molar-refractivity contribution in [3.05, 3.63) is 17.7 Å². The van der Waals surface area contributed by atoms with E-state index in [1.165, 1.54) is 10.4 Å². The Morgan fingerprint density at radius 3 is 2.62 bits per heavy atom. The number of fused-ring (bicyclic) bond motifs is 1. The van der Waals surface area contributed by atoms with Gasteiger partial charge in [-0.2, -0.15) is 4.31 Å².